The van der Waals surface area contributed by atoms with E-state index in [1.807, 2.05) is 13.8 Å². The molecule has 0 aliphatic heterocycles. The summed E-state index contributed by atoms with van der Waals surface area (Å²) in [4.78, 5) is 12.1. The Labute approximate surface area is 137 Å². The molecule has 4 nitrogen and oxygen atoms in total. The zero-order valence-corrected chi connectivity index (χ0v) is 13.1. The highest BCUT2D eigenvalue weighted by Crippen LogP contribution is 2.34. The summed E-state index contributed by atoms with van der Waals surface area (Å²) in [5.41, 5.74) is -0.857. The Kier molecular flexibility index (Phi) is 5.33. The molecule has 2 rings (SSSR count). The first-order chi connectivity index (χ1) is 11.3. The van der Waals surface area contributed by atoms with Crippen molar-refractivity contribution < 1.29 is 22.7 Å². The molecule has 0 atom stereocenters. The molecule has 0 fully saturated rings. The van der Waals surface area contributed by atoms with Gasteiger partial charge in [0.1, 0.15) is 5.75 Å². The van der Waals surface area contributed by atoms with Crippen LogP contribution in [0.1, 0.15) is 19.4 Å². The number of hydrogen-bond acceptors (Lipinski definition) is 2. The molecule has 7 heteroatoms. The fraction of sp³-hybridized carbons (Fsp3) is 0.235. The van der Waals surface area contributed by atoms with Crippen molar-refractivity contribution in [2.45, 2.75) is 26.1 Å². The lowest BCUT2D eigenvalue weighted by Gasteiger charge is -2.16. The summed E-state index contributed by atoms with van der Waals surface area (Å²) in [5, 5.41) is 4.72. The Bertz CT molecular complexity index is 715. The van der Waals surface area contributed by atoms with Gasteiger partial charge in [0.05, 0.1) is 23.0 Å². The van der Waals surface area contributed by atoms with Gasteiger partial charge in [-0.25, -0.2) is 4.79 Å². The summed E-state index contributed by atoms with van der Waals surface area (Å²) >= 11 is 0. The van der Waals surface area contributed by atoms with Crippen molar-refractivity contribution in [3.8, 4) is 5.75 Å². The second kappa shape index (κ2) is 7.25. The third-order valence-electron chi connectivity index (χ3n) is 2.98. The maximum absolute atomic E-state index is 12.9. The highest BCUT2D eigenvalue weighted by molar-refractivity contribution is 6.01. The van der Waals surface area contributed by atoms with Crippen LogP contribution in [0.2, 0.25) is 0 Å². The van der Waals surface area contributed by atoms with Crippen LogP contribution in [0.25, 0.3) is 0 Å². The van der Waals surface area contributed by atoms with Gasteiger partial charge in [-0.2, -0.15) is 13.2 Å². The molecule has 2 N–H and O–H groups in total. The molecule has 128 valence electrons. The highest BCUT2D eigenvalue weighted by Gasteiger charge is 2.33. The van der Waals surface area contributed by atoms with Gasteiger partial charge in [0.2, 0.25) is 0 Å². The van der Waals surface area contributed by atoms with E-state index in [2.05, 4.69) is 10.6 Å². The maximum Gasteiger partial charge on any atom is 0.418 e. The summed E-state index contributed by atoms with van der Waals surface area (Å²) in [6.45, 7) is 3.66. The Morgan fingerprint density at radius 1 is 0.958 bits per heavy atom. The van der Waals surface area contributed by atoms with Crippen molar-refractivity contribution in [3.63, 3.8) is 0 Å². The Balaban J connectivity index is 2.16. The zero-order valence-electron chi connectivity index (χ0n) is 13.1. The molecule has 24 heavy (non-hydrogen) atoms. The maximum atomic E-state index is 12.9. The van der Waals surface area contributed by atoms with Gasteiger partial charge < -0.3 is 15.4 Å². The van der Waals surface area contributed by atoms with Gasteiger partial charge in [-0.15, -0.1) is 0 Å². The molecule has 2 aromatic carbocycles. The molecular formula is C17H17F3N2O2. The number of urea groups is 1. The number of ether oxygens (including phenoxy) is 1. The third kappa shape index (κ3) is 4.65. The minimum Gasteiger partial charge on any atom is -0.489 e. The Morgan fingerprint density at radius 3 is 2.12 bits per heavy atom. The quantitative estimate of drug-likeness (QED) is 0.811. The van der Waals surface area contributed by atoms with Crippen molar-refractivity contribution in [2.75, 3.05) is 10.6 Å². The van der Waals surface area contributed by atoms with Crippen LogP contribution in [-0.4, -0.2) is 12.1 Å². The molecule has 0 bridgehead atoms. The third-order valence-corrected chi connectivity index (χ3v) is 2.98. The molecule has 0 saturated heterocycles. The predicted octanol–water partition coefficient (Wildman–Crippen LogP) is 5.14. The average molecular weight is 338 g/mol. The number of carbonyl (C=O) groups is 1. The van der Waals surface area contributed by atoms with Gasteiger partial charge in [-0.3, -0.25) is 0 Å². The number of halogens is 3. The lowest BCUT2D eigenvalue weighted by molar-refractivity contribution is -0.136. The number of para-hydroxylation sites is 3. The first-order valence-corrected chi connectivity index (χ1v) is 7.27. The fourth-order valence-electron chi connectivity index (χ4n) is 2.04. The van der Waals surface area contributed by atoms with Crippen molar-refractivity contribution in [1.29, 1.82) is 0 Å². The SMILES string of the molecule is CC(C)Oc1ccccc1NC(=O)Nc1ccccc1C(F)(F)F. The van der Waals surface area contributed by atoms with Crippen molar-refractivity contribution >= 4 is 17.4 Å². The van der Waals surface area contributed by atoms with Gasteiger partial charge in [-0.1, -0.05) is 24.3 Å². The second-order valence-corrected chi connectivity index (χ2v) is 5.29. The van der Waals surface area contributed by atoms with Crippen LogP contribution in [0, 0.1) is 0 Å². The van der Waals surface area contributed by atoms with E-state index in [1.54, 1.807) is 24.3 Å². The minimum atomic E-state index is -4.55. The van der Waals surface area contributed by atoms with Crippen molar-refractivity contribution in [3.05, 3.63) is 54.1 Å². The molecule has 0 saturated carbocycles. The number of rotatable bonds is 4. The minimum absolute atomic E-state index is 0.109. The second-order valence-electron chi connectivity index (χ2n) is 5.29. The summed E-state index contributed by atoms with van der Waals surface area (Å²) in [6, 6.07) is 10.7. The zero-order chi connectivity index (χ0) is 17.7. The van der Waals surface area contributed by atoms with Gasteiger partial charge >= 0.3 is 12.2 Å². The van der Waals surface area contributed by atoms with E-state index < -0.39 is 17.8 Å². The van der Waals surface area contributed by atoms with Crippen LogP contribution in [-0.2, 0) is 6.18 Å². The molecule has 0 unspecified atom stereocenters. The molecule has 0 radical (unpaired) electrons. The monoisotopic (exact) mass is 338 g/mol. The number of hydrogen-bond donors (Lipinski definition) is 2. The number of anilines is 2. The largest absolute Gasteiger partial charge is 0.489 e. The smallest absolute Gasteiger partial charge is 0.418 e. The molecule has 0 aliphatic rings. The molecule has 0 aromatic heterocycles. The van der Waals surface area contributed by atoms with Gasteiger partial charge in [0, 0.05) is 0 Å². The van der Waals surface area contributed by atoms with Gasteiger partial charge in [0.15, 0.2) is 0 Å². The standard InChI is InChI=1S/C17H17F3N2O2/c1-11(2)24-15-10-6-5-9-14(15)22-16(23)21-13-8-4-3-7-12(13)17(18,19)20/h3-11H,1-2H3,(H2,21,22,23). The molecule has 2 amide bonds. The van der Waals surface area contributed by atoms with E-state index in [-0.39, 0.29) is 11.8 Å². The van der Waals surface area contributed by atoms with Gasteiger partial charge in [-0.05, 0) is 38.1 Å². The van der Waals surface area contributed by atoms with Crippen LogP contribution in [0.15, 0.2) is 48.5 Å². The molecule has 0 heterocycles. The summed E-state index contributed by atoms with van der Waals surface area (Å²) in [7, 11) is 0. The van der Waals surface area contributed by atoms with E-state index >= 15 is 0 Å². The molecule has 2 aromatic rings. The first-order valence-electron chi connectivity index (χ1n) is 7.27. The average Bonchev–Trinajstić information content (AvgIpc) is 2.48. The van der Waals surface area contributed by atoms with Crippen LogP contribution < -0.4 is 15.4 Å². The summed E-state index contributed by atoms with van der Waals surface area (Å²) < 4.78 is 44.4. The topological polar surface area (TPSA) is 50.4 Å². The van der Waals surface area contributed by atoms with E-state index in [9.17, 15) is 18.0 Å². The Morgan fingerprint density at radius 2 is 1.50 bits per heavy atom. The number of benzene rings is 2. The lowest BCUT2D eigenvalue weighted by atomic mass is 10.1. The van der Waals surface area contributed by atoms with Gasteiger partial charge in [0.25, 0.3) is 0 Å². The predicted molar refractivity (Wildman–Crippen MR) is 86.3 cm³/mol. The van der Waals surface area contributed by atoms with Crippen LogP contribution in [0.3, 0.4) is 0 Å². The first kappa shape index (κ1) is 17.7. The molecule has 0 aliphatic carbocycles. The van der Waals surface area contributed by atoms with E-state index in [4.69, 9.17) is 4.74 Å². The van der Waals surface area contributed by atoms with Crippen LogP contribution >= 0.6 is 0 Å². The van der Waals surface area contributed by atoms with Crippen LogP contribution in [0.4, 0.5) is 29.3 Å². The lowest BCUT2D eigenvalue weighted by Crippen LogP contribution is -2.22. The molecule has 0 spiro atoms. The summed E-state index contributed by atoms with van der Waals surface area (Å²) in [5.74, 6) is 0.437. The van der Waals surface area contributed by atoms with E-state index in [1.165, 1.54) is 18.2 Å². The van der Waals surface area contributed by atoms with E-state index in [0.29, 0.717) is 11.4 Å². The number of nitrogens with one attached hydrogen (secondary N) is 2. The van der Waals surface area contributed by atoms with Crippen molar-refractivity contribution in [1.82, 2.24) is 0 Å². The van der Waals surface area contributed by atoms with Crippen molar-refractivity contribution in [2.24, 2.45) is 0 Å². The van der Waals surface area contributed by atoms with E-state index in [0.717, 1.165) is 6.07 Å². The Hall–Kier alpha value is -2.70. The van der Waals surface area contributed by atoms with Crippen LogP contribution in [0.5, 0.6) is 5.75 Å². The number of alkyl halides is 3. The molecular weight excluding hydrogens is 321 g/mol. The normalized spacial score (nSPS) is 11.2. The fourth-order valence-corrected chi connectivity index (χ4v) is 2.04. The number of carbonyl (C=O) groups excluding carboxylic acids is 1. The number of amides is 2. The summed E-state index contributed by atoms with van der Waals surface area (Å²) in [6.07, 6.45) is -4.66. The highest BCUT2D eigenvalue weighted by atomic mass is 19.4.